The lowest BCUT2D eigenvalue weighted by Crippen LogP contribution is -2.37. The summed E-state index contributed by atoms with van der Waals surface area (Å²) in [4.78, 5) is 17.2. The Morgan fingerprint density at radius 3 is 2.17 bits per heavy atom. The fraction of sp³-hybridized carbons (Fsp3) is 0.304. The molecule has 29 heavy (non-hydrogen) atoms. The minimum Gasteiger partial charge on any atom is -0.476 e. The topological polar surface area (TPSA) is 75.8 Å². The maximum atomic E-state index is 10.9. The van der Waals surface area contributed by atoms with Gasteiger partial charge in [0.05, 0.1) is 12.6 Å². The number of carbonyl (C=O) groups is 1. The number of nitrogens with zero attached hydrogens (tertiary/aromatic N) is 2. The highest BCUT2D eigenvalue weighted by Gasteiger charge is 2.25. The van der Waals surface area contributed by atoms with Crippen molar-refractivity contribution in [3.05, 3.63) is 89.6 Å². The Labute approximate surface area is 169 Å². The largest absolute Gasteiger partial charge is 0.476 e. The van der Waals surface area contributed by atoms with E-state index >= 15 is 0 Å². The van der Waals surface area contributed by atoms with Crippen LogP contribution in [0.5, 0.6) is 0 Å². The zero-order valence-corrected chi connectivity index (χ0v) is 16.1. The summed E-state index contributed by atoms with van der Waals surface area (Å²) in [6, 6.07) is 20.6. The minimum atomic E-state index is -1.07. The van der Waals surface area contributed by atoms with Gasteiger partial charge in [0.25, 0.3) is 0 Å². The Morgan fingerprint density at radius 2 is 1.66 bits per heavy atom. The van der Waals surface area contributed by atoms with Crippen molar-refractivity contribution in [3.63, 3.8) is 0 Å². The van der Waals surface area contributed by atoms with Crippen molar-refractivity contribution >= 4 is 5.97 Å². The molecule has 0 amide bonds. The molecular formula is C23H24N2O4. The monoisotopic (exact) mass is 392 g/mol. The van der Waals surface area contributed by atoms with E-state index in [2.05, 4.69) is 34.1 Å². The number of aromatic carboxylic acids is 1. The Morgan fingerprint density at radius 1 is 1.07 bits per heavy atom. The van der Waals surface area contributed by atoms with E-state index in [0.29, 0.717) is 12.4 Å². The quantitative estimate of drug-likeness (QED) is 0.651. The van der Waals surface area contributed by atoms with Gasteiger partial charge in [-0.05, 0) is 24.0 Å². The van der Waals surface area contributed by atoms with Crippen LogP contribution in [0, 0.1) is 0 Å². The molecular weight excluding hydrogens is 368 g/mol. The maximum absolute atomic E-state index is 10.9. The molecule has 0 radical (unpaired) electrons. The van der Waals surface area contributed by atoms with Gasteiger partial charge in [-0.15, -0.1) is 0 Å². The molecule has 6 nitrogen and oxygen atoms in total. The van der Waals surface area contributed by atoms with E-state index in [4.69, 9.17) is 14.3 Å². The second-order valence-corrected chi connectivity index (χ2v) is 7.24. The lowest BCUT2D eigenvalue weighted by molar-refractivity contribution is -0.0291. The number of rotatable bonds is 7. The molecule has 1 aromatic heterocycles. The number of likely N-dealkylation sites (tertiary alicyclic amines) is 1. The molecule has 6 heteroatoms. The number of hydrogen-bond acceptors (Lipinski definition) is 5. The average molecular weight is 392 g/mol. The predicted molar refractivity (Wildman–Crippen MR) is 108 cm³/mol. The first-order valence-electron chi connectivity index (χ1n) is 9.84. The third-order valence-electron chi connectivity index (χ3n) is 5.20. The van der Waals surface area contributed by atoms with Crippen LogP contribution in [0.25, 0.3) is 0 Å². The first kappa shape index (κ1) is 19.4. The van der Waals surface area contributed by atoms with E-state index in [-0.39, 0.29) is 17.9 Å². The molecule has 0 bridgehead atoms. The van der Waals surface area contributed by atoms with Crippen LogP contribution in [0.2, 0.25) is 0 Å². The smallest absolute Gasteiger partial charge is 0.357 e. The van der Waals surface area contributed by atoms with Crippen LogP contribution in [0.3, 0.4) is 0 Å². The summed E-state index contributed by atoms with van der Waals surface area (Å²) in [5.41, 5.74) is 2.26. The fourth-order valence-corrected chi connectivity index (χ4v) is 3.67. The Bertz CT molecular complexity index is 879. The van der Waals surface area contributed by atoms with Crippen LogP contribution >= 0.6 is 0 Å². The summed E-state index contributed by atoms with van der Waals surface area (Å²) in [7, 11) is 0. The molecule has 3 aromatic rings. The van der Waals surface area contributed by atoms with E-state index in [9.17, 15) is 4.79 Å². The van der Waals surface area contributed by atoms with Crippen molar-refractivity contribution in [3.8, 4) is 0 Å². The van der Waals surface area contributed by atoms with Crippen molar-refractivity contribution in [2.75, 3.05) is 13.1 Å². The summed E-state index contributed by atoms with van der Waals surface area (Å²) in [5.74, 6) is -0.631. The van der Waals surface area contributed by atoms with Crippen LogP contribution in [0.1, 0.15) is 46.5 Å². The molecule has 1 fully saturated rings. The predicted octanol–water partition coefficient (Wildman–Crippen LogP) is 4.14. The van der Waals surface area contributed by atoms with Crippen LogP contribution in [0.15, 0.2) is 71.3 Å². The number of oxazole rings is 1. The summed E-state index contributed by atoms with van der Waals surface area (Å²) >= 11 is 0. The number of aromatic nitrogens is 1. The Kier molecular flexibility index (Phi) is 6.03. The fourth-order valence-electron chi connectivity index (χ4n) is 3.67. The van der Waals surface area contributed by atoms with Crippen molar-refractivity contribution < 1.29 is 19.1 Å². The molecule has 1 aliphatic heterocycles. The molecule has 0 atom stereocenters. The summed E-state index contributed by atoms with van der Waals surface area (Å²) in [5, 5.41) is 8.96. The van der Waals surface area contributed by atoms with Gasteiger partial charge in [-0.2, -0.15) is 0 Å². The molecule has 1 saturated heterocycles. The number of benzene rings is 2. The average Bonchev–Trinajstić information content (AvgIpc) is 3.23. The normalized spacial score (nSPS) is 15.6. The number of ether oxygens (including phenoxy) is 1. The lowest BCUT2D eigenvalue weighted by atomic mass is 10.00. The third kappa shape index (κ3) is 4.91. The van der Waals surface area contributed by atoms with Crippen molar-refractivity contribution in [2.45, 2.75) is 31.6 Å². The van der Waals surface area contributed by atoms with Gasteiger partial charge in [0, 0.05) is 13.1 Å². The number of hydrogen-bond donors (Lipinski definition) is 1. The second kappa shape index (κ2) is 9.03. The molecule has 0 unspecified atom stereocenters. The van der Waals surface area contributed by atoms with Gasteiger partial charge in [0.2, 0.25) is 5.89 Å². The lowest BCUT2D eigenvalue weighted by Gasteiger charge is -2.33. The molecule has 2 aromatic carbocycles. The van der Waals surface area contributed by atoms with E-state index in [0.717, 1.165) is 37.1 Å². The van der Waals surface area contributed by atoms with Gasteiger partial charge in [0.1, 0.15) is 12.4 Å². The first-order chi connectivity index (χ1) is 14.2. The van der Waals surface area contributed by atoms with E-state index in [1.807, 2.05) is 36.4 Å². The molecule has 4 rings (SSSR count). The Balaban J connectivity index is 1.37. The molecule has 2 heterocycles. The van der Waals surface area contributed by atoms with Crippen molar-refractivity contribution in [1.82, 2.24) is 9.88 Å². The van der Waals surface area contributed by atoms with Gasteiger partial charge in [0.15, 0.2) is 5.69 Å². The van der Waals surface area contributed by atoms with Gasteiger partial charge in [-0.3, -0.25) is 4.90 Å². The maximum Gasteiger partial charge on any atom is 0.357 e. The van der Waals surface area contributed by atoms with Gasteiger partial charge in [-0.25, -0.2) is 9.78 Å². The molecule has 0 saturated carbocycles. The van der Waals surface area contributed by atoms with Gasteiger partial charge >= 0.3 is 5.97 Å². The zero-order chi connectivity index (χ0) is 20.1. The van der Waals surface area contributed by atoms with Crippen molar-refractivity contribution in [1.29, 1.82) is 0 Å². The third-order valence-corrected chi connectivity index (χ3v) is 5.20. The summed E-state index contributed by atoms with van der Waals surface area (Å²) in [6.45, 7) is 2.22. The Hall–Kier alpha value is -2.96. The van der Waals surface area contributed by atoms with Crippen LogP contribution in [0.4, 0.5) is 0 Å². The summed E-state index contributed by atoms with van der Waals surface area (Å²) < 4.78 is 11.8. The zero-order valence-electron chi connectivity index (χ0n) is 16.1. The van der Waals surface area contributed by atoms with Crippen molar-refractivity contribution in [2.24, 2.45) is 0 Å². The minimum absolute atomic E-state index is 0.0493. The second-order valence-electron chi connectivity index (χ2n) is 7.24. The highest BCUT2D eigenvalue weighted by atomic mass is 16.5. The van der Waals surface area contributed by atoms with E-state index in [1.54, 1.807) is 0 Å². The number of piperidine rings is 1. The van der Waals surface area contributed by atoms with Gasteiger partial charge in [-0.1, -0.05) is 60.7 Å². The molecule has 1 aliphatic rings. The number of carboxylic acids is 1. The van der Waals surface area contributed by atoms with Crippen LogP contribution < -0.4 is 0 Å². The molecule has 150 valence electrons. The number of carboxylic acid groups (broad SMARTS) is 1. The summed E-state index contributed by atoms with van der Waals surface area (Å²) in [6.07, 6.45) is 3.08. The van der Waals surface area contributed by atoms with E-state index in [1.165, 1.54) is 6.26 Å². The standard InChI is InChI=1S/C23H24N2O4/c26-23(27)20-16-28-21(24-20)15-25-13-11-19(12-14-25)29-22(17-7-3-1-4-8-17)18-9-5-2-6-10-18/h1-10,16,19,22H,11-15H2,(H,26,27). The van der Waals surface area contributed by atoms with Crippen LogP contribution in [-0.4, -0.2) is 40.2 Å². The van der Waals surface area contributed by atoms with Crippen LogP contribution in [-0.2, 0) is 11.3 Å². The highest BCUT2D eigenvalue weighted by Crippen LogP contribution is 2.30. The molecule has 0 aliphatic carbocycles. The molecule has 0 spiro atoms. The SMILES string of the molecule is O=C(O)c1coc(CN2CCC(OC(c3ccccc3)c3ccccc3)CC2)n1. The highest BCUT2D eigenvalue weighted by molar-refractivity contribution is 5.84. The van der Waals surface area contributed by atoms with Gasteiger partial charge < -0.3 is 14.3 Å². The first-order valence-corrected chi connectivity index (χ1v) is 9.84. The van der Waals surface area contributed by atoms with E-state index < -0.39 is 5.97 Å². The molecule has 1 N–H and O–H groups in total.